The van der Waals surface area contributed by atoms with Gasteiger partial charge >= 0.3 is 0 Å². The van der Waals surface area contributed by atoms with Crippen LogP contribution in [0.2, 0.25) is 0 Å². The molecule has 1 amide bonds. The fraction of sp³-hybridized carbons (Fsp3) is 0.273. The number of aliphatic hydroxyl groups is 1. The number of benzene rings is 2. The summed E-state index contributed by atoms with van der Waals surface area (Å²) in [5.74, 6) is 0.495. The molecular weight excluding hydrogens is 352 g/mol. The standard InChI is InChI=1S/C22H26N4O2/c1-2-13-25(14-15-27)17-22(28)23-21-16-20(18-9-5-3-6-10-18)24-26(21)19-11-7-4-8-12-19/h3-12,16,27H,2,13-15,17H2,1H3,(H,23,28). The van der Waals surface area contributed by atoms with Crippen LogP contribution in [0.3, 0.4) is 0 Å². The van der Waals surface area contributed by atoms with Gasteiger partial charge in [0.25, 0.3) is 0 Å². The predicted molar refractivity (Wildman–Crippen MR) is 111 cm³/mol. The highest BCUT2D eigenvalue weighted by Gasteiger charge is 2.15. The Hall–Kier alpha value is -2.96. The first kappa shape index (κ1) is 19.8. The van der Waals surface area contributed by atoms with Crippen molar-refractivity contribution >= 4 is 11.7 Å². The van der Waals surface area contributed by atoms with Gasteiger partial charge in [0.1, 0.15) is 5.82 Å². The minimum atomic E-state index is -0.126. The molecule has 0 atom stereocenters. The normalized spacial score (nSPS) is 11.0. The first-order valence-electron chi connectivity index (χ1n) is 9.55. The number of nitrogens with one attached hydrogen (secondary N) is 1. The van der Waals surface area contributed by atoms with Crippen LogP contribution in [-0.2, 0) is 4.79 Å². The van der Waals surface area contributed by atoms with Crippen LogP contribution in [0.25, 0.3) is 16.9 Å². The highest BCUT2D eigenvalue weighted by Crippen LogP contribution is 2.24. The predicted octanol–water partition coefficient (Wildman–Crippen LogP) is 3.18. The first-order chi connectivity index (χ1) is 13.7. The van der Waals surface area contributed by atoms with Crippen molar-refractivity contribution in [3.63, 3.8) is 0 Å². The summed E-state index contributed by atoms with van der Waals surface area (Å²) in [7, 11) is 0. The minimum absolute atomic E-state index is 0.0351. The van der Waals surface area contributed by atoms with Gasteiger partial charge in [-0.25, -0.2) is 4.68 Å². The lowest BCUT2D eigenvalue weighted by molar-refractivity contribution is -0.117. The van der Waals surface area contributed by atoms with Gasteiger partial charge in [-0.3, -0.25) is 9.69 Å². The second-order valence-electron chi connectivity index (χ2n) is 6.58. The molecule has 0 unspecified atom stereocenters. The van der Waals surface area contributed by atoms with Gasteiger partial charge in [0.05, 0.1) is 24.5 Å². The average molecular weight is 378 g/mol. The molecule has 0 radical (unpaired) electrons. The van der Waals surface area contributed by atoms with Crippen molar-refractivity contribution in [3.05, 3.63) is 66.7 Å². The third-order valence-electron chi connectivity index (χ3n) is 4.37. The molecule has 3 rings (SSSR count). The summed E-state index contributed by atoms with van der Waals surface area (Å²) < 4.78 is 1.75. The number of anilines is 1. The topological polar surface area (TPSA) is 70.4 Å². The molecule has 0 aliphatic heterocycles. The van der Waals surface area contributed by atoms with Crippen LogP contribution in [0.15, 0.2) is 66.7 Å². The van der Waals surface area contributed by atoms with Crippen molar-refractivity contribution < 1.29 is 9.90 Å². The number of carbonyl (C=O) groups excluding carboxylic acids is 1. The largest absolute Gasteiger partial charge is 0.395 e. The zero-order valence-corrected chi connectivity index (χ0v) is 16.1. The van der Waals surface area contributed by atoms with E-state index < -0.39 is 0 Å². The Bertz CT molecular complexity index is 872. The third kappa shape index (κ3) is 5.06. The van der Waals surface area contributed by atoms with Crippen molar-refractivity contribution in [1.82, 2.24) is 14.7 Å². The molecule has 0 saturated heterocycles. The maximum atomic E-state index is 12.6. The summed E-state index contributed by atoms with van der Waals surface area (Å²) in [5, 5.41) is 16.9. The lowest BCUT2D eigenvalue weighted by atomic mass is 10.1. The van der Waals surface area contributed by atoms with Crippen molar-refractivity contribution in [3.8, 4) is 16.9 Å². The molecular formula is C22H26N4O2. The van der Waals surface area contributed by atoms with E-state index in [0.717, 1.165) is 29.9 Å². The SMILES string of the molecule is CCCN(CCO)CC(=O)Nc1cc(-c2ccccc2)nn1-c1ccccc1. The van der Waals surface area contributed by atoms with E-state index in [4.69, 9.17) is 5.10 Å². The van der Waals surface area contributed by atoms with Crippen molar-refractivity contribution in [2.45, 2.75) is 13.3 Å². The van der Waals surface area contributed by atoms with E-state index in [1.54, 1.807) is 4.68 Å². The van der Waals surface area contributed by atoms with Gasteiger partial charge in [-0.2, -0.15) is 5.10 Å². The molecule has 2 N–H and O–H groups in total. The molecule has 1 aromatic heterocycles. The number of nitrogens with zero attached hydrogens (tertiary/aromatic N) is 3. The molecule has 0 bridgehead atoms. The Morgan fingerprint density at radius 1 is 1.07 bits per heavy atom. The zero-order valence-electron chi connectivity index (χ0n) is 16.1. The van der Waals surface area contributed by atoms with Crippen LogP contribution in [0, 0.1) is 0 Å². The van der Waals surface area contributed by atoms with E-state index in [-0.39, 0.29) is 19.1 Å². The number of para-hydroxylation sites is 1. The van der Waals surface area contributed by atoms with Gasteiger partial charge in [0.2, 0.25) is 5.91 Å². The van der Waals surface area contributed by atoms with E-state index >= 15 is 0 Å². The lowest BCUT2D eigenvalue weighted by Gasteiger charge is -2.19. The lowest BCUT2D eigenvalue weighted by Crippen LogP contribution is -2.36. The highest BCUT2D eigenvalue weighted by molar-refractivity contribution is 5.92. The van der Waals surface area contributed by atoms with Gasteiger partial charge < -0.3 is 10.4 Å². The quantitative estimate of drug-likeness (QED) is 0.600. The van der Waals surface area contributed by atoms with E-state index in [1.807, 2.05) is 71.6 Å². The Morgan fingerprint density at radius 3 is 2.39 bits per heavy atom. The number of hydrogen-bond acceptors (Lipinski definition) is 4. The van der Waals surface area contributed by atoms with Crippen LogP contribution < -0.4 is 5.32 Å². The zero-order chi connectivity index (χ0) is 19.8. The number of amides is 1. The molecule has 0 saturated carbocycles. The highest BCUT2D eigenvalue weighted by atomic mass is 16.3. The second kappa shape index (κ2) is 9.82. The first-order valence-corrected chi connectivity index (χ1v) is 9.55. The Labute approximate surface area is 165 Å². The smallest absolute Gasteiger partial charge is 0.239 e. The molecule has 28 heavy (non-hydrogen) atoms. The van der Waals surface area contributed by atoms with Crippen LogP contribution >= 0.6 is 0 Å². The Kier molecular flexibility index (Phi) is 6.94. The minimum Gasteiger partial charge on any atom is -0.395 e. The van der Waals surface area contributed by atoms with E-state index in [0.29, 0.717) is 12.4 Å². The number of rotatable bonds is 9. The Balaban J connectivity index is 1.86. The summed E-state index contributed by atoms with van der Waals surface area (Å²) in [6.07, 6.45) is 0.924. The molecule has 2 aromatic carbocycles. The van der Waals surface area contributed by atoms with Gasteiger partial charge in [-0.1, -0.05) is 55.5 Å². The van der Waals surface area contributed by atoms with Crippen molar-refractivity contribution in [2.75, 3.05) is 31.6 Å². The maximum absolute atomic E-state index is 12.6. The molecule has 0 aliphatic rings. The second-order valence-corrected chi connectivity index (χ2v) is 6.58. The molecule has 0 spiro atoms. The monoisotopic (exact) mass is 378 g/mol. The van der Waals surface area contributed by atoms with E-state index in [2.05, 4.69) is 12.2 Å². The van der Waals surface area contributed by atoms with Crippen LogP contribution in [0.5, 0.6) is 0 Å². The number of hydrogen-bond donors (Lipinski definition) is 2. The fourth-order valence-corrected chi connectivity index (χ4v) is 3.10. The molecule has 0 fully saturated rings. The maximum Gasteiger partial charge on any atom is 0.239 e. The Morgan fingerprint density at radius 2 is 1.75 bits per heavy atom. The molecule has 6 heteroatoms. The third-order valence-corrected chi connectivity index (χ3v) is 4.37. The molecule has 0 aliphatic carbocycles. The van der Waals surface area contributed by atoms with Crippen molar-refractivity contribution in [2.24, 2.45) is 0 Å². The van der Waals surface area contributed by atoms with Gasteiger partial charge in [-0.05, 0) is 25.1 Å². The fourth-order valence-electron chi connectivity index (χ4n) is 3.10. The van der Waals surface area contributed by atoms with Crippen LogP contribution in [-0.4, -0.2) is 51.9 Å². The van der Waals surface area contributed by atoms with Crippen LogP contribution in [0.1, 0.15) is 13.3 Å². The van der Waals surface area contributed by atoms with Gasteiger partial charge in [0.15, 0.2) is 0 Å². The van der Waals surface area contributed by atoms with E-state index in [9.17, 15) is 9.90 Å². The van der Waals surface area contributed by atoms with Crippen LogP contribution in [0.4, 0.5) is 5.82 Å². The van der Waals surface area contributed by atoms with Gasteiger partial charge in [0, 0.05) is 18.2 Å². The molecule has 146 valence electrons. The molecule has 3 aromatic rings. The summed E-state index contributed by atoms with van der Waals surface area (Å²) >= 11 is 0. The van der Waals surface area contributed by atoms with E-state index in [1.165, 1.54) is 0 Å². The summed E-state index contributed by atoms with van der Waals surface area (Å²) in [4.78, 5) is 14.6. The number of carbonyl (C=O) groups is 1. The number of aromatic nitrogens is 2. The van der Waals surface area contributed by atoms with Crippen molar-refractivity contribution in [1.29, 1.82) is 0 Å². The summed E-state index contributed by atoms with van der Waals surface area (Å²) in [6, 6.07) is 21.5. The summed E-state index contributed by atoms with van der Waals surface area (Å²) in [6.45, 7) is 3.57. The number of aliphatic hydroxyl groups excluding tert-OH is 1. The van der Waals surface area contributed by atoms with Gasteiger partial charge in [-0.15, -0.1) is 0 Å². The molecule has 1 heterocycles. The average Bonchev–Trinajstić information content (AvgIpc) is 3.13. The molecule has 6 nitrogen and oxygen atoms in total. The summed E-state index contributed by atoms with van der Waals surface area (Å²) in [5.41, 5.74) is 2.65.